The molecule has 6 heteroatoms. The fourth-order valence-corrected chi connectivity index (χ4v) is 2.40. The van der Waals surface area contributed by atoms with Crippen molar-refractivity contribution in [2.24, 2.45) is 5.92 Å². The number of benzene rings is 1. The monoisotopic (exact) mass is 297 g/mol. The van der Waals surface area contributed by atoms with E-state index in [0.717, 1.165) is 6.07 Å². The van der Waals surface area contributed by atoms with Gasteiger partial charge in [0.15, 0.2) is 11.6 Å². The molecule has 21 heavy (non-hydrogen) atoms. The average Bonchev–Trinajstić information content (AvgIpc) is 3.20. The zero-order valence-electron chi connectivity index (χ0n) is 11.6. The van der Waals surface area contributed by atoms with Gasteiger partial charge in [-0.3, -0.25) is 9.59 Å². The van der Waals surface area contributed by atoms with E-state index in [2.05, 4.69) is 5.32 Å². The number of carboxylic acids is 1. The molecule has 4 nitrogen and oxygen atoms in total. The standard InChI is InChI=1S/C15H17F2NO3/c1-8(5-6-13(19)20)18-15(21)11-7-10(11)9-3-2-4-12(16)14(9)17/h2-4,8,10-11H,5-7H2,1H3,(H,18,21)(H,19,20). The molecule has 0 aliphatic heterocycles. The lowest BCUT2D eigenvalue weighted by Crippen LogP contribution is -2.34. The lowest BCUT2D eigenvalue weighted by Gasteiger charge is -2.12. The molecule has 1 saturated carbocycles. The highest BCUT2D eigenvalue weighted by Crippen LogP contribution is 2.48. The fourth-order valence-electron chi connectivity index (χ4n) is 2.40. The first-order chi connectivity index (χ1) is 9.90. The van der Waals surface area contributed by atoms with Crippen LogP contribution < -0.4 is 5.32 Å². The van der Waals surface area contributed by atoms with Crippen molar-refractivity contribution in [3.8, 4) is 0 Å². The van der Waals surface area contributed by atoms with E-state index in [0.29, 0.717) is 12.8 Å². The smallest absolute Gasteiger partial charge is 0.303 e. The molecule has 1 fully saturated rings. The fraction of sp³-hybridized carbons (Fsp3) is 0.467. The molecule has 1 amide bonds. The Kier molecular flexibility index (Phi) is 4.55. The van der Waals surface area contributed by atoms with E-state index in [1.165, 1.54) is 12.1 Å². The Morgan fingerprint density at radius 1 is 1.43 bits per heavy atom. The Labute approximate surface area is 121 Å². The quantitative estimate of drug-likeness (QED) is 0.847. The van der Waals surface area contributed by atoms with Gasteiger partial charge in [-0.25, -0.2) is 8.78 Å². The maximum atomic E-state index is 13.6. The highest BCUT2D eigenvalue weighted by Gasteiger charge is 2.45. The number of hydrogen-bond acceptors (Lipinski definition) is 2. The highest BCUT2D eigenvalue weighted by atomic mass is 19.2. The van der Waals surface area contributed by atoms with Crippen LogP contribution in [0.4, 0.5) is 8.78 Å². The summed E-state index contributed by atoms with van der Waals surface area (Å²) in [6.07, 6.45) is 0.804. The number of carboxylic acid groups (broad SMARTS) is 1. The number of hydrogen-bond donors (Lipinski definition) is 2. The van der Waals surface area contributed by atoms with E-state index >= 15 is 0 Å². The molecule has 3 atom stereocenters. The van der Waals surface area contributed by atoms with Crippen LogP contribution in [-0.2, 0) is 9.59 Å². The Hall–Kier alpha value is -1.98. The Bertz CT molecular complexity index is 562. The third-order valence-corrected chi connectivity index (χ3v) is 3.69. The molecule has 0 heterocycles. The number of nitrogens with one attached hydrogen (secondary N) is 1. The van der Waals surface area contributed by atoms with E-state index < -0.39 is 17.6 Å². The van der Waals surface area contributed by atoms with Gasteiger partial charge in [0.05, 0.1) is 0 Å². The third kappa shape index (κ3) is 3.77. The van der Waals surface area contributed by atoms with Gasteiger partial charge >= 0.3 is 5.97 Å². The minimum atomic E-state index is -0.915. The number of carbonyl (C=O) groups is 2. The minimum Gasteiger partial charge on any atom is -0.481 e. The van der Waals surface area contributed by atoms with Gasteiger partial charge in [0.25, 0.3) is 0 Å². The Morgan fingerprint density at radius 2 is 2.14 bits per heavy atom. The third-order valence-electron chi connectivity index (χ3n) is 3.69. The summed E-state index contributed by atoms with van der Waals surface area (Å²) in [4.78, 5) is 22.4. The van der Waals surface area contributed by atoms with Crippen LogP contribution >= 0.6 is 0 Å². The predicted octanol–water partition coefficient (Wildman–Crippen LogP) is 2.44. The first-order valence-corrected chi connectivity index (χ1v) is 6.86. The summed E-state index contributed by atoms with van der Waals surface area (Å²) >= 11 is 0. The van der Waals surface area contributed by atoms with Crippen molar-refractivity contribution < 1.29 is 23.5 Å². The molecule has 0 aromatic heterocycles. The zero-order valence-corrected chi connectivity index (χ0v) is 11.6. The molecule has 0 radical (unpaired) electrons. The number of carbonyl (C=O) groups excluding carboxylic acids is 1. The summed E-state index contributed by atoms with van der Waals surface area (Å²) in [6.45, 7) is 1.72. The van der Waals surface area contributed by atoms with E-state index in [-0.39, 0.29) is 35.8 Å². The molecule has 1 aliphatic carbocycles. The first-order valence-electron chi connectivity index (χ1n) is 6.86. The van der Waals surface area contributed by atoms with Crippen molar-refractivity contribution in [1.29, 1.82) is 0 Å². The first kappa shape index (κ1) is 15.4. The van der Waals surface area contributed by atoms with Crippen LogP contribution in [0.2, 0.25) is 0 Å². The molecular weight excluding hydrogens is 280 g/mol. The summed E-state index contributed by atoms with van der Waals surface area (Å²) in [5.41, 5.74) is 0.230. The van der Waals surface area contributed by atoms with Crippen LogP contribution in [0.3, 0.4) is 0 Å². The normalized spacial score (nSPS) is 21.7. The molecule has 0 saturated heterocycles. The van der Waals surface area contributed by atoms with Gasteiger partial charge in [0.2, 0.25) is 5.91 Å². The van der Waals surface area contributed by atoms with E-state index in [1.54, 1.807) is 6.92 Å². The second-order valence-corrected chi connectivity index (χ2v) is 5.43. The van der Waals surface area contributed by atoms with Crippen LogP contribution in [0.5, 0.6) is 0 Å². The summed E-state index contributed by atoms with van der Waals surface area (Å²) in [6, 6.07) is 3.71. The molecule has 114 valence electrons. The number of amides is 1. The lowest BCUT2D eigenvalue weighted by atomic mass is 10.1. The number of rotatable bonds is 6. The maximum absolute atomic E-state index is 13.6. The lowest BCUT2D eigenvalue weighted by molar-refractivity contribution is -0.137. The van der Waals surface area contributed by atoms with Crippen molar-refractivity contribution in [2.45, 2.75) is 38.1 Å². The summed E-state index contributed by atoms with van der Waals surface area (Å²) in [5.74, 6) is -3.62. The van der Waals surface area contributed by atoms with Gasteiger partial charge in [-0.05, 0) is 37.3 Å². The van der Waals surface area contributed by atoms with Gasteiger partial charge in [-0.2, -0.15) is 0 Å². The second-order valence-electron chi connectivity index (χ2n) is 5.43. The van der Waals surface area contributed by atoms with Crippen LogP contribution in [0.1, 0.15) is 37.7 Å². The van der Waals surface area contributed by atoms with Gasteiger partial charge in [-0.15, -0.1) is 0 Å². The Morgan fingerprint density at radius 3 is 2.81 bits per heavy atom. The van der Waals surface area contributed by atoms with Crippen LogP contribution in [0, 0.1) is 17.6 Å². The molecule has 2 rings (SSSR count). The molecule has 1 aliphatic rings. The summed E-state index contributed by atoms with van der Waals surface area (Å²) in [5, 5.41) is 11.3. The maximum Gasteiger partial charge on any atom is 0.303 e. The summed E-state index contributed by atoms with van der Waals surface area (Å²) < 4.78 is 26.8. The Balaban J connectivity index is 1.89. The van der Waals surface area contributed by atoms with E-state index in [4.69, 9.17) is 5.11 Å². The molecule has 0 spiro atoms. The van der Waals surface area contributed by atoms with Gasteiger partial charge in [0, 0.05) is 18.4 Å². The molecule has 2 N–H and O–H groups in total. The van der Waals surface area contributed by atoms with E-state index in [9.17, 15) is 18.4 Å². The average molecular weight is 297 g/mol. The van der Waals surface area contributed by atoms with Gasteiger partial charge < -0.3 is 10.4 Å². The van der Waals surface area contributed by atoms with Gasteiger partial charge in [0.1, 0.15) is 0 Å². The molecule has 1 aromatic rings. The topological polar surface area (TPSA) is 66.4 Å². The van der Waals surface area contributed by atoms with Gasteiger partial charge in [-0.1, -0.05) is 12.1 Å². The second kappa shape index (κ2) is 6.20. The highest BCUT2D eigenvalue weighted by molar-refractivity contribution is 5.83. The molecule has 1 aromatic carbocycles. The predicted molar refractivity (Wildman–Crippen MR) is 71.7 cm³/mol. The van der Waals surface area contributed by atoms with Crippen LogP contribution in [0.15, 0.2) is 18.2 Å². The zero-order chi connectivity index (χ0) is 15.6. The van der Waals surface area contributed by atoms with Crippen molar-refractivity contribution in [3.05, 3.63) is 35.4 Å². The van der Waals surface area contributed by atoms with Crippen LogP contribution in [0.25, 0.3) is 0 Å². The molecule has 3 unspecified atom stereocenters. The van der Waals surface area contributed by atoms with E-state index in [1.807, 2.05) is 0 Å². The molecular formula is C15H17F2NO3. The number of aliphatic carboxylic acids is 1. The SMILES string of the molecule is CC(CCC(=O)O)NC(=O)C1CC1c1cccc(F)c1F. The van der Waals surface area contributed by atoms with Crippen molar-refractivity contribution in [1.82, 2.24) is 5.32 Å². The molecule has 0 bridgehead atoms. The summed E-state index contributed by atoms with van der Waals surface area (Å²) in [7, 11) is 0. The number of halogens is 2. The largest absolute Gasteiger partial charge is 0.481 e. The van der Waals surface area contributed by atoms with Crippen molar-refractivity contribution >= 4 is 11.9 Å². The van der Waals surface area contributed by atoms with Crippen molar-refractivity contribution in [3.63, 3.8) is 0 Å². The van der Waals surface area contributed by atoms with Crippen molar-refractivity contribution in [2.75, 3.05) is 0 Å². The minimum absolute atomic E-state index is 0.0198. The van der Waals surface area contributed by atoms with Crippen LogP contribution in [-0.4, -0.2) is 23.0 Å².